The average Bonchev–Trinajstić information content (AvgIpc) is 3.17. The van der Waals surface area contributed by atoms with Crippen molar-refractivity contribution in [2.24, 2.45) is 4.99 Å². The molecular formula is C22H35F2N3O2S. The van der Waals surface area contributed by atoms with Crippen LogP contribution >= 0.6 is 0 Å². The van der Waals surface area contributed by atoms with Crippen LogP contribution in [-0.2, 0) is 9.84 Å². The van der Waals surface area contributed by atoms with Gasteiger partial charge in [0, 0.05) is 25.2 Å². The third kappa shape index (κ3) is 9.43. The maximum atomic E-state index is 13.6. The fourth-order valence-electron chi connectivity index (χ4n) is 2.32. The lowest BCUT2D eigenvalue weighted by Gasteiger charge is -2.09. The van der Waals surface area contributed by atoms with E-state index < -0.39 is 16.0 Å². The van der Waals surface area contributed by atoms with E-state index in [2.05, 4.69) is 16.7 Å². The standard InChI is InChI=1S/C17H21FN2O2S.C2H5N.C2H6.CH3F/c1-5-6-12(2)17-19-16(13(3)18)11-20(17)14-7-9-15(10-8-14)23(4,21)22;1-3-2;2*1-2/h6-11,13H,5H2,1-4H3;1H2,2H3;1-2H3;1H3/b12-6+;;;. The molecule has 0 spiro atoms. The molecule has 0 aliphatic carbocycles. The average molecular weight is 444 g/mol. The monoisotopic (exact) mass is 443 g/mol. The smallest absolute Gasteiger partial charge is 0.175 e. The predicted octanol–water partition coefficient (Wildman–Crippen LogP) is 6.05. The lowest BCUT2D eigenvalue weighted by atomic mass is 10.2. The van der Waals surface area contributed by atoms with Crippen molar-refractivity contribution in [2.75, 3.05) is 20.5 Å². The number of benzene rings is 1. The minimum atomic E-state index is -3.24. The molecule has 1 atom stereocenters. The van der Waals surface area contributed by atoms with Crippen LogP contribution in [0.4, 0.5) is 8.78 Å². The van der Waals surface area contributed by atoms with Crippen molar-refractivity contribution < 1.29 is 17.2 Å². The van der Waals surface area contributed by atoms with Crippen molar-refractivity contribution in [2.45, 2.75) is 52.1 Å². The highest BCUT2D eigenvalue weighted by Crippen LogP contribution is 2.24. The maximum Gasteiger partial charge on any atom is 0.175 e. The summed E-state index contributed by atoms with van der Waals surface area (Å²) < 4.78 is 48.0. The van der Waals surface area contributed by atoms with E-state index in [1.54, 1.807) is 42.1 Å². The molecule has 2 aromatic rings. The molecule has 2 rings (SSSR count). The van der Waals surface area contributed by atoms with E-state index in [9.17, 15) is 17.2 Å². The van der Waals surface area contributed by atoms with Gasteiger partial charge in [0.1, 0.15) is 12.0 Å². The highest BCUT2D eigenvalue weighted by Gasteiger charge is 2.15. The molecule has 0 fully saturated rings. The van der Waals surface area contributed by atoms with Crippen molar-refractivity contribution in [1.29, 1.82) is 0 Å². The zero-order chi connectivity index (χ0) is 23.9. The van der Waals surface area contributed by atoms with E-state index in [0.717, 1.165) is 17.7 Å². The zero-order valence-corrected chi connectivity index (χ0v) is 20.1. The highest BCUT2D eigenvalue weighted by molar-refractivity contribution is 7.90. The minimum Gasteiger partial charge on any atom is -0.304 e. The molecule has 0 amide bonds. The molecule has 8 heteroatoms. The van der Waals surface area contributed by atoms with Crippen molar-refractivity contribution in [3.8, 4) is 5.69 Å². The van der Waals surface area contributed by atoms with Crippen LogP contribution in [0.25, 0.3) is 11.3 Å². The van der Waals surface area contributed by atoms with Crippen LogP contribution in [0.15, 0.2) is 46.4 Å². The van der Waals surface area contributed by atoms with Gasteiger partial charge >= 0.3 is 0 Å². The third-order valence-corrected chi connectivity index (χ3v) is 4.67. The molecule has 1 aromatic heterocycles. The molecule has 30 heavy (non-hydrogen) atoms. The van der Waals surface area contributed by atoms with E-state index in [4.69, 9.17) is 0 Å². The third-order valence-electron chi connectivity index (χ3n) is 3.54. The first kappa shape index (κ1) is 29.8. The van der Waals surface area contributed by atoms with Crippen molar-refractivity contribution in [3.05, 3.63) is 48.1 Å². The minimum absolute atomic E-state index is 0.253. The number of aromatic nitrogens is 2. The summed E-state index contributed by atoms with van der Waals surface area (Å²) in [6.07, 6.45) is 4.53. The molecule has 0 saturated carbocycles. The van der Waals surface area contributed by atoms with Gasteiger partial charge in [0.15, 0.2) is 9.84 Å². The molecule has 1 unspecified atom stereocenters. The number of aliphatic imine (C=N–C) groups is 1. The van der Waals surface area contributed by atoms with Crippen LogP contribution in [0.2, 0.25) is 0 Å². The Morgan fingerprint density at radius 1 is 1.27 bits per heavy atom. The number of alkyl halides is 2. The molecule has 0 aliphatic rings. The molecule has 0 N–H and O–H groups in total. The summed E-state index contributed by atoms with van der Waals surface area (Å²) >= 11 is 0. The summed E-state index contributed by atoms with van der Waals surface area (Å²) in [4.78, 5) is 7.88. The Morgan fingerprint density at radius 3 is 2.10 bits per heavy atom. The fraction of sp³-hybridized carbons (Fsp3) is 0.455. The normalized spacial score (nSPS) is 11.6. The van der Waals surface area contributed by atoms with Gasteiger partial charge in [0.05, 0.1) is 17.8 Å². The van der Waals surface area contributed by atoms with Crippen LogP contribution in [0.3, 0.4) is 0 Å². The predicted molar refractivity (Wildman–Crippen MR) is 124 cm³/mol. The molecule has 1 heterocycles. The summed E-state index contributed by atoms with van der Waals surface area (Å²) in [6, 6.07) is 6.50. The molecule has 0 saturated heterocycles. The number of halogens is 2. The Kier molecular flexibility index (Phi) is 15.4. The Bertz CT molecular complexity index is 872. The first-order valence-corrected chi connectivity index (χ1v) is 11.5. The molecule has 1 aromatic carbocycles. The van der Waals surface area contributed by atoms with Gasteiger partial charge in [-0.3, -0.25) is 8.96 Å². The maximum absolute atomic E-state index is 13.6. The summed E-state index contributed by atoms with van der Waals surface area (Å²) in [7, 11) is -1.10. The first-order chi connectivity index (χ1) is 14.1. The summed E-state index contributed by atoms with van der Waals surface area (Å²) in [5, 5.41) is 0. The number of rotatable bonds is 5. The summed E-state index contributed by atoms with van der Waals surface area (Å²) in [5.74, 6) is 0.665. The lowest BCUT2D eigenvalue weighted by molar-refractivity contribution is 0.366. The van der Waals surface area contributed by atoms with Gasteiger partial charge in [-0.25, -0.2) is 17.8 Å². The van der Waals surface area contributed by atoms with E-state index in [-0.39, 0.29) is 4.90 Å². The van der Waals surface area contributed by atoms with Crippen LogP contribution in [0.5, 0.6) is 0 Å². The quantitative estimate of drug-likeness (QED) is 0.529. The number of imidazole rings is 1. The van der Waals surface area contributed by atoms with Crippen LogP contribution in [-0.4, -0.2) is 45.2 Å². The van der Waals surface area contributed by atoms with Gasteiger partial charge in [-0.2, -0.15) is 0 Å². The van der Waals surface area contributed by atoms with Crippen molar-refractivity contribution in [1.82, 2.24) is 9.55 Å². The zero-order valence-electron chi connectivity index (χ0n) is 19.3. The Hall–Kier alpha value is -2.35. The van der Waals surface area contributed by atoms with Gasteiger partial charge in [0.2, 0.25) is 0 Å². The second-order valence-corrected chi connectivity index (χ2v) is 7.87. The number of hydrogen-bond donors (Lipinski definition) is 0. The number of nitrogens with zero attached hydrogens (tertiary/aromatic N) is 3. The second-order valence-electron chi connectivity index (χ2n) is 5.85. The molecular weight excluding hydrogens is 408 g/mol. The molecule has 5 nitrogen and oxygen atoms in total. The number of allylic oxidation sites excluding steroid dienone is 2. The Morgan fingerprint density at radius 2 is 1.73 bits per heavy atom. The van der Waals surface area contributed by atoms with Crippen molar-refractivity contribution >= 4 is 22.1 Å². The number of sulfone groups is 1. The van der Waals surface area contributed by atoms with Gasteiger partial charge in [-0.05, 0) is 56.8 Å². The Balaban J connectivity index is 0. The van der Waals surface area contributed by atoms with E-state index in [0.29, 0.717) is 18.7 Å². The van der Waals surface area contributed by atoms with Crippen LogP contribution in [0.1, 0.15) is 58.7 Å². The molecule has 0 bridgehead atoms. The SMILES string of the molecule is C=NC.CC.CC/C=C(\C)c1nc(C(C)F)cn1-c1ccc(S(C)(=O)=O)cc1.CF. The lowest BCUT2D eigenvalue weighted by Crippen LogP contribution is -2.01. The summed E-state index contributed by atoms with van der Waals surface area (Å²) in [6.45, 7) is 12.5. The second kappa shape index (κ2) is 15.5. The molecule has 170 valence electrons. The topological polar surface area (TPSA) is 64.3 Å². The largest absolute Gasteiger partial charge is 0.304 e. The molecule has 0 radical (unpaired) electrons. The van der Waals surface area contributed by atoms with E-state index >= 15 is 0 Å². The summed E-state index contributed by atoms with van der Waals surface area (Å²) in [5.41, 5.74) is 2.05. The van der Waals surface area contributed by atoms with Gasteiger partial charge in [-0.1, -0.05) is 26.8 Å². The van der Waals surface area contributed by atoms with Crippen LogP contribution < -0.4 is 0 Å². The van der Waals surface area contributed by atoms with Crippen LogP contribution in [0, 0.1) is 0 Å². The van der Waals surface area contributed by atoms with E-state index in [1.807, 2.05) is 33.8 Å². The van der Waals surface area contributed by atoms with Crippen molar-refractivity contribution in [3.63, 3.8) is 0 Å². The van der Waals surface area contributed by atoms with Gasteiger partial charge < -0.3 is 4.99 Å². The first-order valence-electron chi connectivity index (χ1n) is 9.59. The highest BCUT2D eigenvalue weighted by atomic mass is 32.2. The fourth-order valence-corrected chi connectivity index (χ4v) is 2.95. The van der Waals surface area contributed by atoms with Gasteiger partial charge in [-0.15, -0.1) is 0 Å². The Labute approximate surface area is 180 Å². The molecule has 0 aliphatic heterocycles. The van der Waals surface area contributed by atoms with E-state index in [1.165, 1.54) is 13.2 Å². The number of hydrogen-bond acceptors (Lipinski definition) is 4. The van der Waals surface area contributed by atoms with Gasteiger partial charge in [0.25, 0.3) is 0 Å².